The second kappa shape index (κ2) is 8.58. The molecule has 0 saturated carbocycles. The van der Waals surface area contributed by atoms with Crippen molar-refractivity contribution in [3.63, 3.8) is 0 Å². The number of fused-ring (bicyclic) bond motifs is 2. The average molecular weight is 426 g/mol. The molecule has 2 fully saturated rings. The van der Waals surface area contributed by atoms with Gasteiger partial charge in [0.15, 0.2) is 0 Å². The van der Waals surface area contributed by atoms with Crippen molar-refractivity contribution in [1.29, 1.82) is 0 Å². The summed E-state index contributed by atoms with van der Waals surface area (Å²) in [5.74, 6) is 3.85. The van der Waals surface area contributed by atoms with Gasteiger partial charge in [-0.05, 0) is 41.5 Å². The highest BCUT2D eigenvalue weighted by Gasteiger charge is 2.51. The fourth-order valence-electron chi connectivity index (χ4n) is 6.49. The largest absolute Gasteiger partial charge is 0.146 e. The Bertz CT molecular complexity index is 454. The van der Waals surface area contributed by atoms with Gasteiger partial charge in [0.1, 0.15) is 6.71 Å². The van der Waals surface area contributed by atoms with Crippen LogP contribution in [0.4, 0.5) is 0 Å². The molecule has 2 aliphatic rings. The Hall–Kier alpha value is 0.929. The van der Waals surface area contributed by atoms with E-state index in [2.05, 4.69) is 67.7 Å². The van der Waals surface area contributed by atoms with Gasteiger partial charge in [0.2, 0.25) is 0 Å². The smallest absolute Gasteiger partial charge is 0.0763 e. The minimum Gasteiger partial charge on any atom is -0.0763 e. The van der Waals surface area contributed by atoms with E-state index in [0.717, 1.165) is 18.3 Å². The van der Waals surface area contributed by atoms with Gasteiger partial charge in [0, 0.05) is 21.3 Å². The quantitative estimate of drug-likeness (QED) is 0.296. The molecule has 27 heavy (non-hydrogen) atoms. The highest BCUT2D eigenvalue weighted by molar-refractivity contribution is 7.67. The lowest BCUT2D eigenvalue weighted by molar-refractivity contribution is 0.442. The Labute approximate surface area is 176 Å². The molecular formula is C23H51BPSi2+. The van der Waals surface area contributed by atoms with E-state index in [1.165, 1.54) is 12.8 Å². The van der Waals surface area contributed by atoms with Crippen LogP contribution in [0.3, 0.4) is 0 Å². The molecule has 158 valence electrons. The van der Waals surface area contributed by atoms with Crippen molar-refractivity contribution in [1.82, 2.24) is 0 Å². The van der Waals surface area contributed by atoms with E-state index >= 15 is 0 Å². The third-order valence-corrected chi connectivity index (χ3v) is 36.0. The fraction of sp³-hybridized carbons (Fsp3) is 1.00. The van der Waals surface area contributed by atoms with Gasteiger partial charge >= 0.3 is 0 Å². The van der Waals surface area contributed by atoms with Gasteiger partial charge in [-0.15, -0.1) is 0 Å². The summed E-state index contributed by atoms with van der Waals surface area (Å²) in [7, 11) is -2.64. The summed E-state index contributed by atoms with van der Waals surface area (Å²) >= 11 is 0. The molecule has 0 aromatic carbocycles. The minimum atomic E-state index is -1.15. The second-order valence-corrected chi connectivity index (χ2v) is 35.0. The van der Waals surface area contributed by atoms with Crippen molar-refractivity contribution in [2.75, 3.05) is 5.79 Å². The minimum absolute atomic E-state index is 0.375. The molecule has 0 aliphatic carbocycles. The van der Waals surface area contributed by atoms with Gasteiger partial charge in [-0.2, -0.15) is 0 Å². The molecule has 2 bridgehead atoms. The molecule has 2 heterocycles. The van der Waals surface area contributed by atoms with Crippen LogP contribution in [0.1, 0.15) is 80.1 Å². The monoisotopic (exact) mass is 425 g/mol. The Morgan fingerprint density at radius 2 is 1.15 bits per heavy atom. The van der Waals surface area contributed by atoms with Gasteiger partial charge in [-0.1, -0.05) is 88.7 Å². The summed E-state index contributed by atoms with van der Waals surface area (Å²) in [6.07, 6.45) is 10.9. The first-order chi connectivity index (χ1) is 12.2. The van der Waals surface area contributed by atoms with Gasteiger partial charge < -0.3 is 0 Å². The highest BCUT2D eigenvalue weighted by atomic mass is 31.1. The molecule has 4 heteroatoms. The van der Waals surface area contributed by atoms with Crippen molar-refractivity contribution >= 4 is 29.8 Å². The zero-order chi connectivity index (χ0) is 20.7. The molecule has 0 nitrogen and oxygen atoms in total. The van der Waals surface area contributed by atoms with E-state index in [1.54, 1.807) is 43.8 Å². The van der Waals surface area contributed by atoms with Crippen molar-refractivity contribution in [3.8, 4) is 0 Å². The maximum absolute atomic E-state index is 2.79. The second-order valence-electron chi connectivity index (χ2n) is 13.5. The van der Waals surface area contributed by atoms with Crippen molar-refractivity contribution < 1.29 is 0 Å². The van der Waals surface area contributed by atoms with E-state index in [1.807, 2.05) is 0 Å². The fourth-order valence-corrected chi connectivity index (χ4v) is 28.5. The Kier molecular flexibility index (Phi) is 7.69. The van der Waals surface area contributed by atoms with Crippen molar-refractivity contribution in [2.24, 2.45) is 0 Å². The van der Waals surface area contributed by atoms with Crippen LogP contribution in [-0.4, -0.2) is 38.0 Å². The van der Waals surface area contributed by atoms with Crippen LogP contribution in [0.25, 0.3) is 0 Å². The van der Waals surface area contributed by atoms with E-state index in [0.29, 0.717) is 10.3 Å². The maximum atomic E-state index is 2.79. The first-order valence-electron chi connectivity index (χ1n) is 12.0. The standard InChI is InChI=1S/C23H50BPSi2/c1-22(2,3)25(23(4,5)6)19-27(9,10)26(7,8)18-17-24-20-13-11-14-21(24)16-12-15-20/h20-21H,11-19H2,1-10H3/p+1. The van der Waals surface area contributed by atoms with E-state index in [-0.39, 0.29) is 7.92 Å². The molecule has 0 atom stereocenters. The molecule has 0 radical (unpaired) electrons. The molecule has 0 aromatic rings. The summed E-state index contributed by atoms with van der Waals surface area (Å²) in [4.78, 5) is 0. The number of rotatable bonds is 6. The Morgan fingerprint density at radius 1 is 0.741 bits per heavy atom. The van der Waals surface area contributed by atoms with Gasteiger partial charge in [0.25, 0.3) is 0 Å². The van der Waals surface area contributed by atoms with Crippen molar-refractivity contribution in [2.45, 2.75) is 141 Å². The molecule has 0 N–H and O–H groups in total. The SMILES string of the molecule is CC(C)(C)[PH+](C[Si](C)(C)[Si](C)(C)CCB1C2CCCC1CCC2)C(C)(C)C. The highest BCUT2D eigenvalue weighted by Crippen LogP contribution is 2.61. The molecule has 2 saturated heterocycles. The van der Waals surface area contributed by atoms with E-state index in [4.69, 9.17) is 0 Å². The molecule has 2 aliphatic heterocycles. The molecule has 0 spiro atoms. The molecule has 0 amide bonds. The summed E-state index contributed by atoms with van der Waals surface area (Å²) in [6.45, 7) is 27.5. The Morgan fingerprint density at radius 3 is 1.52 bits per heavy atom. The van der Waals surface area contributed by atoms with E-state index in [9.17, 15) is 0 Å². The lowest BCUT2D eigenvalue weighted by Gasteiger charge is -2.45. The average Bonchev–Trinajstić information content (AvgIpc) is 2.48. The van der Waals surface area contributed by atoms with Crippen LogP contribution in [0.15, 0.2) is 0 Å². The van der Waals surface area contributed by atoms with Gasteiger partial charge in [0.05, 0.1) is 17.9 Å². The van der Waals surface area contributed by atoms with Crippen LogP contribution in [0, 0.1) is 0 Å². The summed E-state index contributed by atoms with van der Waals surface area (Å²) in [5.41, 5.74) is 0. The molecule has 0 unspecified atom stereocenters. The Balaban J connectivity index is 2.07. The maximum Gasteiger partial charge on any atom is 0.146 e. The van der Waals surface area contributed by atoms with Gasteiger partial charge in [-0.3, -0.25) is 0 Å². The van der Waals surface area contributed by atoms with Crippen molar-refractivity contribution in [3.05, 3.63) is 0 Å². The van der Waals surface area contributed by atoms with Gasteiger partial charge in [-0.25, -0.2) is 0 Å². The molecule has 2 rings (SSSR count). The van der Waals surface area contributed by atoms with Crippen LogP contribution in [0.5, 0.6) is 0 Å². The lowest BCUT2D eigenvalue weighted by Crippen LogP contribution is -2.58. The summed E-state index contributed by atoms with van der Waals surface area (Å²) in [6, 6.07) is 1.63. The predicted molar refractivity (Wildman–Crippen MR) is 138 cm³/mol. The van der Waals surface area contributed by atoms with E-state index < -0.39 is 15.2 Å². The molecular weight excluding hydrogens is 374 g/mol. The number of hydrogen-bond acceptors (Lipinski definition) is 0. The topological polar surface area (TPSA) is 0 Å². The normalized spacial score (nSPS) is 25.2. The number of hydrogen-bond donors (Lipinski definition) is 0. The summed E-state index contributed by atoms with van der Waals surface area (Å²) in [5, 5.41) is 1.05. The zero-order valence-electron chi connectivity index (χ0n) is 20.6. The van der Waals surface area contributed by atoms with Crippen LogP contribution < -0.4 is 0 Å². The predicted octanol–water partition coefficient (Wildman–Crippen LogP) is 8.44. The zero-order valence-corrected chi connectivity index (χ0v) is 23.6. The van der Waals surface area contributed by atoms with Crippen LogP contribution in [-0.2, 0) is 0 Å². The molecule has 0 aromatic heterocycles. The van der Waals surface area contributed by atoms with Crippen LogP contribution >= 0.6 is 7.92 Å². The third kappa shape index (κ3) is 5.97. The third-order valence-electron chi connectivity index (χ3n) is 8.87. The van der Waals surface area contributed by atoms with Crippen LogP contribution in [0.2, 0.25) is 50.2 Å². The summed E-state index contributed by atoms with van der Waals surface area (Å²) < 4.78 is 0. The first kappa shape index (κ1) is 24.2. The first-order valence-corrected chi connectivity index (χ1v) is 21.1. The lowest BCUT2D eigenvalue weighted by atomic mass is 9.26.